The van der Waals surface area contributed by atoms with Gasteiger partial charge in [-0.15, -0.1) is 0 Å². The van der Waals surface area contributed by atoms with E-state index in [1.165, 1.54) is 24.3 Å². The van der Waals surface area contributed by atoms with E-state index >= 15 is 0 Å². The van der Waals surface area contributed by atoms with Crippen LogP contribution in [-0.2, 0) is 9.47 Å². The summed E-state index contributed by atoms with van der Waals surface area (Å²) in [5.74, 6) is -0.383. The summed E-state index contributed by atoms with van der Waals surface area (Å²) in [4.78, 5) is 11.7. The predicted molar refractivity (Wildman–Crippen MR) is 67.3 cm³/mol. The van der Waals surface area contributed by atoms with E-state index in [1.54, 1.807) is 0 Å². The number of hydrogen-bond donors (Lipinski definition) is 0. The van der Waals surface area contributed by atoms with Crippen molar-refractivity contribution in [2.24, 2.45) is 0 Å². The normalized spacial score (nSPS) is 12.4. The highest BCUT2D eigenvalue weighted by atomic mass is 19.1. The molecule has 0 fully saturated rings. The standard InChI is InChI=1S/C14H19FO3/c1-3-17-10-11(2)18-9-8-14(16)12-4-6-13(15)7-5-12/h4-7,11H,3,8-10H2,1-2H3. The van der Waals surface area contributed by atoms with Crippen LogP contribution in [0.5, 0.6) is 0 Å². The number of halogens is 1. The fourth-order valence-electron chi connectivity index (χ4n) is 1.46. The smallest absolute Gasteiger partial charge is 0.165 e. The van der Waals surface area contributed by atoms with Gasteiger partial charge in [-0.1, -0.05) is 0 Å². The number of ether oxygens (including phenoxy) is 2. The van der Waals surface area contributed by atoms with Gasteiger partial charge in [-0.25, -0.2) is 4.39 Å². The van der Waals surface area contributed by atoms with Crippen molar-refractivity contribution in [2.75, 3.05) is 19.8 Å². The topological polar surface area (TPSA) is 35.5 Å². The molecule has 0 N–H and O–H groups in total. The largest absolute Gasteiger partial charge is 0.379 e. The van der Waals surface area contributed by atoms with E-state index in [-0.39, 0.29) is 17.7 Å². The molecule has 1 atom stereocenters. The second kappa shape index (κ2) is 7.95. The van der Waals surface area contributed by atoms with Crippen LogP contribution in [0.3, 0.4) is 0 Å². The van der Waals surface area contributed by atoms with E-state index in [0.29, 0.717) is 31.8 Å². The average molecular weight is 254 g/mol. The van der Waals surface area contributed by atoms with Crippen LogP contribution < -0.4 is 0 Å². The number of ketones is 1. The molecule has 0 aromatic heterocycles. The van der Waals surface area contributed by atoms with Gasteiger partial charge in [0, 0.05) is 18.6 Å². The number of carbonyl (C=O) groups excluding carboxylic acids is 1. The Labute approximate surface area is 107 Å². The van der Waals surface area contributed by atoms with E-state index in [9.17, 15) is 9.18 Å². The molecule has 0 aliphatic heterocycles. The molecule has 0 saturated heterocycles. The summed E-state index contributed by atoms with van der Waals surface area (Å²) in [7, 11) is 0. The van der Waals surface area contributed by atoms with Gasteiger partial charge >= 0.3 is 0 Å². The Morgan fingerprint density at radius 1 is 1.33 bits per heavy atom. The Kier molecular flexibility index (Phi) is 6.54. The Hall–Kier alpha value is -1.26. The highest BCUT2D eigenvalue weighted by Crippen LogP contribution is 2.06. The molecular formula is C14H19FO3. The van der Waals surface area contributed by atoms with Gasteiger partial charge in [-0.05, 0) is 38.1 Å². The molecule has 0 spiro atoms. The third-order valence-corrected chi connectivity index (χ3v) is 2.45. The molecule has 0 radical (unpaired) electrons. The summed E-state index contributed by atoms with van der Waals surface area (Å²) in [6.45, 7) is 5.36. The summed E-state index contributed by atoms with van der Waals surface area (Å²) in [5, 5.41) is 0. The van der Waals surface area contributed by atoms with Gasteiger partial charge in [0.05, 0.1) is 19.3 Å². The van der Waals surface area contributed by atoms with Crippen LogP contribution in [0.25, 0.3) is 0 Å². The zero-order chi connectivity index (χ0) is 13.4. The van der Waals surface area contributed by atoms with Gasteiger partial charge in [-0.2, -0.15) is 0 Å². The Balaban J connectivity index is 2.27. The van der Waals surface area contributed by atoms with E-state index < -0.39 is 0 Å². The number of Topliss-reactive ketones (excluding diaryl/α,β-unsaturated/α-hetero) is 1. The third-order valence-electron chi connectivity index (χ3n) is 2.45. The van der Waals surface area contributed by atoms with Crippen molar-refractivity contribution in [1.82, 2.24) is 0 Å². The number of carbonyl (C=O) groups is 1. The van der Waals surface area contributed by atoms with Gasteiger partial charge in [0.2, 0.25) is 0 Å². The minimum atomic E-state index is -0.340. The van der Waals surface area contributed by atoms with Crippen molar-refractivity contribution in [2.45, 2.75) is 26.4 Å². The lowest BCUT2D eigenvalue weighted by Crippen LogP contribution is -2.18. The van der Waals surface area contributed by atoms with Crippen molar-refractivity contribution in [3.8, 4) is 0 Å². The van der Waals surface area contributed by atoms with Gasteiger partial charge in [0.1, 0.15) is 5.82 Å². The summed E-state index contributed by atoms with van der Waals surface area (Å²) in [6.07, 6.45) is 0.271. The Morgan fingerprint density at radius 3 is 2.61 bits per heavy atom. The van der Waals surface area contributed by atoms with Gasteiger partial charge in [0.25, 0.3) is 0 Å². The SMILES string of the molecule is CCOCC(C)OCCC(=O)c1ccc(F)cc1. The minimum Gasteiger partial charge on any atom is -0.379 e. The molecule has 0 bridgehead atoms. The Bertz CT molecular complexity index is 362. The molecule has 0 aliphatic rings. The molecule has 4 heteroatoms. The first-order valence-electron chi connectivity index (χ1n) is 6.11. The highest BCUT2D eigenvalue weighted by Gasteiger charge is 2.07. The maximum atomic E-state index is 12.7. The zero-order valence-electron chi connectivity index (χ0n) is 10.8. The zero-order valence-corrected chi connectivity index (χ0v) is 10.8. The van der Waals surface area contributed by atoms with Crippen LogP contribution in [0.2, 0.25) is 0 Å². The molecule has 100 valence electrons. The first-order valence-corrected chi connectivity index (χ1v) is 6.11. The Morgan fingerprint density at radius 2 is 2.00 bits per heavy atom. The van der Waals surface area contributed by atoms with Crippen LogP contribution in [0.15, 0.2) is 24.3 Å². The average Bonchev–Trinajstić information content (AvgIpc) is 2.37. The molecular weight excluding hydrogens is 235 g/mol. The number of rotatable bonds is 8. The molecule has 0 amide bonds. The van der Waals surface area contributed by atoms with Gasteiger partial charge in [0.15, 0.2) is 5.78 Å². The maximum absolute atomic E-state index is 12.7. The van der Waals surface area contributed by atoms with Crippen LogP contribution in [0.1, 0.15) is 30.6 Å². The summed E-state index contributed by atoms with van der Waals surface area (Å²) >= 11 is 0. The molecule has 0 saturated carbocycles. The van der Waals surface area contributed by atoms with E-state index in [2.05, 4.69) is 0 Å². The van der Waals surface area contributed by atoms with Crippen molar-refractivity contribution in [1.29, 1.82) is 0 Å². The van der Waals surface area contributed by atoms with E-state index in [4.69, 9.17) is 9.47 Å². The second-order valence-corrected chi connectivity index (χ2v) is 4.02. The monoisotopic (exact) mass is 254 g/mol. The fourth-order valence-corrected chi connectivity index (χ4v) is 1.46. The number of hydrogen-bond acceptors (Lipinski definition) is 3. The third kappa shape index (κ3) is 5.38. The molecule has 1 unspecified atom stereocenters. The lowest BCUT2D eigenvalue weighted by atomic mass is 10.1. The maximum Gasteiger partial charge on any atom is 0.165 e. The predicted octanol–water partition coefficient (Wildman–Crippen LogP) is 2.84. The van der Waals surface area contributed by atoms with Crippen molar-refractivity contribution >= 4 is 5.78 Å². The van der Waals surface area contributed by atoms with Gasteiger partial charge in [-0.3, -0.25) is 4.79 Å². The minimum absolute atomic E-state index is 0.0223. The molecule has 1 aromatic rings. The molecule has 3 nitrogen and oxygen atoms in total. The first kappa shape index (κ1) is 14.8. The lowest BCUT2D eigenvalue weighted by molar-refractivity contribution is -0.00300. The van der Waals surface area contributed by atoms with Gasteiger partial charge < -0.3 is 9.47 Å². The van der Waals surface area contributed by atoms with E-state index in [1.807, 2.05) is 13.8 Å². The fraction of sp³-hybridized carbons (Fsp3) is 0.500. The summed E-state index contributed by atoms with van der Waals surface area (Å²) in [5.41, 5.74) is 0.512. The van der Waals surface area contributed by atoms with Crippen LogP contribution in [0.4, 0.5) is 4.39 Å². The quantitative estimate of drug-likeness (QED) is 0.669. The molecule has 1 rings (SSSR count). The molecule has 1 aromatic carbocycles. The number of benzene rings is 1. The molecule has 0 aliphatic carbocycles. The van der Waals surface area contributed by atoms with Crippen molar-refractivity contribution in [3.63, 3.8) is 0 Å². The highest BCUT2D eigenvalue weighted by molar-refractivity contribution is 5.96. The van der Waals surface area contributed by atoms with Crippen LogP contribution >= 0.6 is 0 Å². The summed E-state index contributed by atoms with van der Waals surface area (Å²) in [6, 6.07) is 5.54. The van der Waals surface area contributed by atoms with Crippen LogP contribution in [0, 0.1) is 5.82 Å². The second-order valence-electron chi connectivity index (χ2n) is 4.02. The van der Waals surface area contributed by atoms with Crippen molar-refractivity contribution < 1.29 is 18.7 Å². The summed E-state index contributed by atoms with van der Waals surface area (Å²) < 4.78 is 23.3. The van der Waals surface area contributed by atoms with Crippen LogP contribution in [-0.4, -0.2) is 31.7 Å². The van der Waals surface area contributed by atoms with Crippen molar-refractivity contribution in [3.05, 3.63) is 35.6 Å². The molecule has 0 heterocycles. The van der Waals surface area contributed by atoms with E-state index in [0.717, 1.165) is 0 Å². The molecule has 18 heavy (non-hydrogen) atoms. The first-order chi connectivity index (χ1) is 8.63. The lowest BCUT2D eigenvalue weighted by Gasteiger charge is -2.12.